The lowest BCUT2D eigenvalue weighted by molar-refractivity contribution is -0.112. The van der Waals surface area contributed by atoms with Gasteiger partial charge in [0.2, 0.25) is 5.78 Å². The summed E-state index contributed by atoms with van der Waals surface area (Å²) < 4.78 is 13.2. The molecule has 0 radical (unpaired) electrons. The van der Waals surface area contributed by atoms with Gasteiger partial charge < -0.3 is 10.4 Å². The number of amides is 1. The number of anilines is 1. The molecule has 1 amide bonds. The second kappa shape index (κ2) is 5.49. The van der Waals surface area contributed by atoms with Crippen LogP contribution in [-0.4, -0.2) is 22.8 Å². The molecule has 0 spiro atoms. The second-order valence-corrected chi connectivity index (χ2v) is 4.96. The van der Waals surface area contributed by atoms with Crippen LogP contribution in [0.2, 0.25) is 0 Å². The largest absolute Gasteiger partial charge is 0.478 e. The first-order valence-electron chi connectivity index (χ1n) is 6.66. The van der Waals surface area contributed by atoms with E-state index in [0.29, 0.717) is 5.56 Å². The minimum Gasteiger partial charge on any atom is -0.478 e. The Hall–Kier alpha value is -3.28. The van der Waals surface area contributed by atoms with Crippen LogP contribution < -0.4 is 5.32 Å². The first-order chi connectivity index (χ1) is 11.0. The summed E-state index contributed by atoms with van der Waals surface area (Å²) in [7, 11) is 0. The fourth-order valence-electron chi connectivity index (χ4n) is 2.31. The minimum absolute atomic E-state index is 0.0571. The summed E-state index contributed by atoms with van der Waals surface area (Å²) in [5.41, 5.74) is 0.471. The summed E-state index contributed by atoms with van der Waals surface area (Å²) in [6, 6.07) is 9.33. The number of aromatic carboxylic acids is 1. The number of carbonyl (C=O) groups excluding carboxylic acids is 2. The SMILES string of the molecule is O=C1Nc2ccc(C(=O)O)cc2C(=O)C1=Cc1cccc(F)c1. The van der Waals surface area contributed by atoms with Crippen molar-refractivity contribution in [3.8, 4) is 0 Å². The first-order valence-corrected chi connectivity index (χ1v) is 6.66. The topological polar surface area (TPSA) is 83.5 Å². The number of rotatable bonds is 2. The van der Waals surface area contributed by atoms with Crippen molar-refractivity contribution in [1.29, 1.82) is 0 Å². The molecular formula is C17H10FNO4. The Bertz CT molecular complexity index is 886. The number of halogens is 1. The van der Waals surface area contributed by atoms with Crippen LogP contribution in [0.1, 0.15) is 26.3 Å². The fraction of sp³-hybridized carbons (Fsp3) is 0. The summed E-state index contributed by atoms with van der Waals surface area (Å²) in [6.07, 6.45) is 1.27. The zero-order chi connectivity index (χ0) is 16.6. The van der Waals surface area contributed by atoms with Gasteiger partial charge in [-0.15, -0.1) is 0 Å². The van der Waals surface area contributed by atoms with Crippen LogP contribution in [0.3, 0.4) is 0 Å². The third-order valence-electron chi connectivity index (χ3n) is 3.41. The van der Waals surface area contributed by atoms with Crippen molar-refractivity contribution in [2.45, 2.75) is 0 Å². The van der Waals surface area contributed by atoms with Gasteiger partial charge in [-0.1, -0.05) is 12.1 Å². The molecule has 0 saturated carbocycles. The molecule has 2 aromatic carbocycles. The van der Waals surface area contributed by atoms with Gasteiger partial charge >= 0.3 is 5.97 Å². The molecule has 3 rings (SSSR count). The van der Waals surface area contributed by atoms with E-state index < -0.39 is 23.5 Å². The number of carbonyl (C=O) groups is 3. The molecule has 0 aliphatic carbocycles. The molecule has 1 aliphatic heterocycles. The van der Waals surface area contributed by atoms with Gasteiger partial charge in [0.25, 0.3) is 5.91 Å². The minimum atomic E-state index is -1.17. The molecule has 5 nitrogen and oxygen atoms in total. The Kier molecular flexibility index (Phi) is 3.50. The molecule has 0 unspecified atom stereocenters. The van der Waals surface area contributed by atoms with Gasteiger partial charge in [-0.3, -0.25) is 9.59 Å². The fourth-order valence-corrected chi connectivity index (χ4v) is 2.31. The molecule has 0 atom stereocenters. The van der Waals surface area contributed by atoms with Crippen molar-refractivity contribution in [3.63, 3.8) is 0 Å². The van der Waals surface area contributed by atoms with Gasteiger partial charge in [-0.25, -0.2) is 9.18 Å². The summed E-state index contributed by atoms with van der Waals surface area (Å²) >= 11 is 0. The smallest absolute Gasteiger partial charge is 0.335 e. The highest BCUT2D eigenvalue weighted by molar-refractivity contribution is 6.36. The van der Waals surface area contributed by atoms with Crippen LogP contribution >= 0.6 is 0 Å². The van der Waals surface area contributed by atoms with Crippen molar-refractivity contribution in [1.82, 2.24) is 0 Å². The van der Waals surface area contributed by atoms with Crippen LogP contribution in [0.15, 0.2) is 48.0 Å². The lowest BCUT2D eigenvalue weighted by atomic mass is 9.94. The average Bonchev–Trinajstić information content (AvgIpc) is 2.51. The number of carboxylic acid groups (broad SMARTS) is 1. The van der Waals surface area contributed by atoms with Crippen molar-refractivity contribution in [3.05, 3.63) is 70.5 Å². The zero-order valence-corrected chi connectivity index (χ0v) is 11.7. The molecule has 0 saturated heterocycles. The number of Topliss-reactive ketones (excluding diaryl/α,β-unsaturated/α-hetero) is 1. The molecule has 1 heterocycles. The van der Waals surface area contributed by atoms with Crippen molar-refractivity contribution in [2.75, 3.05) is 5.32 Å². The van der Waals surface area contributed by atoms with Crippen LogP contribution in [0.4, 0.5) is 10.1 Å². The summed E-state index contributed by atoms with van der Waals surface area (Å²) in [4.78, 5) is 35.6. The Morgan fingerprint density at radius 1 is 1.13 bits per heavy atom. The summed E-state index contributed by atoms with van der Waals surface area (Å²) in [6.45, 7) is 0. The van der Waals surface area contributed by atoms with Crippen molar-refractivity contribution < 1.29 is 23.9 Å². The maximum atomic E-state index is 13.2. The number of fused-ring (bicyclic) bond motifs is 1. The van der Waals surface area contributed by atoms with E-state index in [2.05, 4.69) is 5.32 Å². The van der Waals surface area contributed by atoms with E-state index in [1.54, 1.807) is 6.07 Å². The quantitative estimate of drug-likeness (QED) is 0.660. The van der Waals surface area contributed by atoms with Crippen LogP contribution in [-0.2, 0) is 4.79 Å². The van der Waals surface area contributed by atoms with Crippen LogP contribution in [0, 0.1) is 5.82 Å². The summed E-state index contributed by atoms with van der Waals surface area (Å²) in [5, 5.41) is 11.5. The van der Waals surface area contributed by atoms with Crippen LogP contribution in [0.5, 0.6) is 0 Å². The monoisotopic (exact) mass is 311 g/mol. The van der Waals surface area contributed by atoms with E-state index >= 15 is 0 Å². The number of carboxylic acids is 1. The maximum absolute atomic E-state index is 13.2. The van der Waals surface area contributed by atoms with E-state index in [1.165, 1.54) is 42.5 Å². The second-order valence-electron chi connectivity index (χ2n) is 4.96. The Morgan fingerprint density at radius 3 is 2.61 bits per heavy atom. The van der Waals surface area contributed by atoms with Crippen molar-refractivity contribution in [2.24, 2.45) is 0 Å². The first kappa shape index (κ1) is 14.6. The highest BCUT2D eigenvalue weighted by atomic mass is 19.1. The molecule has 2 N–H and O–H groups in total. The molecule has 1 aliphatic rings. The van der Waals surface area contributed by atoms with E-state index in [1.807, 2.05) is 0 Å². The van der Waals surface area contributed by atoms with E-state index in [4.69, 9.17) is 5.11 Å². The average molecular weight is 311 g/mol. The normalized spacial score (nSPS) is 15.3. The molecule has 114 valence electrons. The van der Waals surface area contributed by atoms with Gasteiger partial charge in [-0.05, 0) is 42.0 Å². The molecule has 6 heteroatoms. The Labute approximate surface area is 130 Å². The lowest BCUT2D eigenvalue weighted by Gasteiger charge is -2.18. The van der Waals surface area contributed by atoms with Crippen LogP contribution in [0.25, 0.3) is 6.08 Å². The predicted molar refractivity (Wildman–Crippen MR) is 80.7 cm³/mol. The van der Waals surface area contributed by atoms with Gasteiger partial charge in [0.15, 0.2) is 0 Å². The zero-order valence-electron chi connectivity index (χ0n) is 11.7. The predicted octanol–water partition coefficient (Wildman–Crippen LogP) is 2.74. The number of ketones is 1. The van der Waals surface area contributed by atoms with Crippen molar-refractivity contribution >= 4 is 29.4 Å². The van der Waals surface area contributed by atoms with E-state index in [0.717, 1.165) is 0 Å². The number of benzene rings is 2. The maximum Gasteiger partial charge on any atom is 0.335 e. The summed E-state index contributed by atoms with van der Waals surface area (Å²) in [5.74, 6) is -2.88. The number of hydrogen-bond donors (Lipinski definition) is 2. The van der Waals surface area contributed by atoms with Gasteiger partial charge in [0.1, 0.15) is 5.82 Å². The van der Waals surface area contributed by atoms with Gasteiger partial charge in [0.05, 0.1) is 16.8 Å². The van der Waals surface area contributed by atoms with Gasteiger partial charge in [-0.2, -0.15) is 0 Å². The highest BCUT2D eigenvalue weighted by Crippen LogP contribution is 2.27. The standard InChI is InChI=1S/C17H10FNO4/c18-11-3-1-2-9(6-11)7-13-15(20)12-8-10(17(22)23)4-5-14(12)19-16(13)21/h1-8H,(H,19,21)(H,22,23). The molecule has 2 aromatic rings. The third-order valence-corrected chi connectivity index (χ3v) is 3.41. The Balaban J connectivity index is 2.08. The molecular weight excluding hydrogens is 301 g/mol. The van der Waals surface area contributed by atoms with E-state index in [-0.39, 0.29) is 22.4 Å². The van der Waals surface area contributed by atoms with Gasteiger partial charge in [0, 0.05) is 5.56 Å². The molecule has 0 bridgehead atoms. The molecule has 0 aromatic heterocycles. The highest BCUT2D eigenvalue weighted by Gasteiger charge is 2.29. The number of hydrogen-bond acceptors (Lipinski definition) is 3. The Morgan fingerprint density at radius 2 is 1.91 bits per heavy atom. The van der Waals surface area contributed by atoms with E-state index in [9.17, 15) is 18.8 Å². The lowest BCUT2D eigenvalue weighted by Crippen LogP contribution is -2.27. The third kappa shape index (κ3) is 2.74. The molecule has 23 heavy (non-hydrogen) atoms. The number of nitrogens with one attached hydrogen (secondary N) is 1. The molecule has 0 fully saturated rings.